The maximum atomic E-state index is 13.3. The molecule has 0 unspecified atom stereocenters. The molecule has 6 heteroatoms. The Balaban J connectivity index is 3.14. The van der Waals surface area contributed by atoms with E-state index in [4.69, 9.17) is 0 Å². The van der Waals surface area contributed by atoms with Crippen LogP contribution in [0.2, 0.25) is 0 Å². The lowest BCUT2D eigenvalue weighted by Crippen LogP contribution is -2.00. The van der Waals surface area contributed by atoms with E-state index in [-0.39, 0.29) is 11.3 Å². The van der Waals surface area contributed by atoms with Crippen LogP contribution < -0.4 is 0 Å². The second-order valence-electron chi connectivity index (χ2n) is 2.78. The first kappa shape index (κ1) is 11.1. The summed E-state index contributed by atoms with van der Waals surface area (Å²) in [5, 5.41) is 13.9. The Bertz CT molecular complexity index is 418. The highest BCUT2D eigenvalue weighted by Gasteiger charge is 2.12. The third kappa shape index (κ3) is 2.49. The number of non-ortho nitro benzene ring substituents is 1. The van der Waals surface area contributed by atoms with E-state index < -0.39 is 10.7 Å². The van der Waals surface area contributed by atoms with E-state index >= 15 is 0 Å². The van der Waals surface area contributed by atoms with Gasteiger partial charge in [0.1, 0.15) is 12.9 Å². The van der Waals surface area contributed by atoms with Gasteiger partial charge in [0.2, 0.25) is 0 Å². The van der Waals surface area contributed by atoms with Crippen LogP contribution in [0.25, 0.3) is 0 Å². The Labute approximate surface area is 85.3 Å². The van der Waals surface area contributed by atoms with Gasteiger partial charge in [-0.3, -0.25) is 10.1 Å². The standard InChI is InChI=1S/C9H9FN2O3/c1-6(11-15-2)8-4-3-7(12(13)14)5-9(8)10/h3-5H,1-2H3/b11-6+. The van der Waals surface area contributed by atoms with Crippen LogP contribution in [0.15, 0.2) is 23.4 Å². The Hall–Kier alpha value is -1.98. The van der Waals surface area contributed by atoms with Crippen molar-refractivity contribution in [3.05, 3.63) is 39.7 Å². The average molecular weight is 212 g/mol. The zero-order valence-electron chi connectivity index (χ0n) is 8.23. The Morgan fingerprint density at radius 1 is 1.60 bits per heavy atom. The summed E-state index contributed by atoms with van der Waals surface area (Å²) < 4.78 is 13.3. The van der Waals surface area contributed by atoms with Gasteiger partial charge in [-0.1, -0.05) is 5.16 Å². The van der Waals surface area contributed by atoms with Crippen LogP contribution in [-0.4, -0.2) is 17.7 Å². The molecule has 5 nitrogen and oxygen atoms in total. The SMILES string of the molecule is CO/N=C(\C)c1ccc([N+](=O)[O-])cc1F. The van der Waals surface area contributed by atoms with Crippen LogP contribution in [0.1, 0.15) is 12.5 Å². The quantitative estimate of drug-likeness (QED) is 0.437. The van der Waals surface area contributed by atoms with Gasteiger partial charge >= 0.3 is 0 Å². The van der Waals surface area contributed by atoms with Crippen molar-refractivity contribution in [2.45, 2.75) is 6.92 Å². The predicted molar refractivity (Wildman–Crippen MR) is 52.3 cm³/mol. The fourth-order valence-electron chi connectivity index (χ4n) is 1.10. The van der Waals surface area contributed by atoms with Crippen LogP contribution >= 0.6 is 0 Å². The molecule has 0 aliphatic heterocycles. The van der Waals surface area contributed by atoms with Gasteiger partial charge in [0.15, 0.2) is 0 Å². The van der Waals surface area contributed by atoms with Gasteiger partial charge in [-0.15, -0.1) is 0 Å². The summed E-state index contributed by atoms with van der Waals surface area (Å²) >= 11 is 0. The van der Waals surface area contributed by atoms with E-state index in [9.17, 15) is 14.5 Å². The summed E-state index contributed by atoms with van der Waals surface area (Å²) in [6, 6.07) is 3.36. The number of nitro groups is 1. The minimum Gasteiger partial charge on any atom is -0.399 e. The van der Waals surface area contributed by atoms with Crippen molar-refractivity contribution in [2.24, 2.45) is 5.16 Å². The Kier molecular flexibility index (Phi) is 3.33. The molecule has 0 aromatic heterocycles. The van der Waals surface area contributed by atoms with Gasteiger partial charge in [0.25, 0.3) is 5.69 Å². The highest BCUT2D eigenvalue weighted by atomic mass is 19.1. The van der Waals surface area contributed by atoms with E-state index in [2.05, 4.69) is 9.99 Å². The molecule has 0 N–H and O–H groups in total. The summed E-state index contributed by atoms with van der Waals surface area (Å²) in [6.45, 7) is 1.55. The second-order valence-corrected chi connectivity index (χ2v) is 2.78. The lowest BCUT2D eigenvalue weighted by Gasteiger charge is -2.01. The number of halogens is 1. The summed E-state index contributed by atoms with van der Waals surface area (Å²) in [5.74, 6) is -0.692. The molecule has 1 rings (SSSR count). The smallest absolute Gasteiger partial charge is 0.272 e. The highest BCUT2D eigenvalue weighted by molar-refractivity contribution is 5.98. The van der Waals surface area contributed by atoms with E-state index in [0.717, 1.165) is 6.07 Å². The van der Waals surface area contributed by atoms with Crippen molar-refractivity contribution in [1.82, 2.24) is 0 Å². The fourth-order valence-corrected chi connectivity index (χ4v) is 1.10. The van der Waals surface area contributed by atoms with E-state index in [1.165, 1.54) is 19.2 Å². The van der Waals surface area contributed by atoms with Crippen LogP contribution in [0, 0.1) is 15.9 Å². The molecule has 0 fully saturated rings. The average Bonchev–Trinajstić information content (AvgIpc) is 2.17. The van der Waals surface area contributed by atoms with Gasteiger partial charge in [-0.05, 0) is 13.0 Å². The number of hydrogen-bond acceptors (Lipinski definition) is 4. The first-order valence-corrected chi connectivity index (χ1v) is 4.08. The highest BCUT2D eigenvalue weighted by Crippen LogP contribution is 2.17. The first-order valence-electron chi connectivity index (χ1n) is 4.08. The van der Waals surface area contributed by atoms with Crippen molar-refractivity contribution >= 4 is 11.4 Å². The van der Waals surface area contributed by atoms with E-state index in [1.54, 1.807) is 6.92 Å². The third-order valence-corrected chi connectivity index (χ3v) is 1.78. The van der Waals surface area contributed by atoms with Gasteiger partial charge < -0.3 is 4.84 Å². The van der Waals surface area contributed by atoms with E-state index in [0.29, 0.717) is 5.71 Å². The van der Waals surface area contributed by atoms with Crippen LogP contribution in [0.4, 0.5) is 10.1 Å². The van der Waals surface area contributed by atoms with Crippen LogP contribution in [0.3, 0.4) is 0 Å². The summed E-state index contributed by atoms with van der Waals surface area (Å²) in [4.78, 5) is 14.2. The molecule has 0 aliphatic carbocycles. The molecule has 0 saturated carbocycles. The predicted octanol–water partition coefficient (Wildman–Crippen LogP) is 2.10. The molecule has 15 heavy (non-hydrogen) atoms. The number of oxime groups is 1. The molecule has 1 aromatic rings. The maximum absolute atomic E-state index is 13.3. The molecule has 80 valence electrons. The lowest BCUT2D eigenvalue weighted by molar-refractivity contribution is -0.385. The summed E-state index contributed by atoms with van der Waals surface area (Å²) in [7, 11) is 1.34. The van der Waals surface area contributed by atoms with Gasteiger partial charge in [0, 0.05) is 11.6 Å². The minimum atomic E-state index is -0.692. The largest absolute Gasteiger partial charge is 0.399 e. The topological polar surface area (TPSA) is 64.7 Å². The van der Waals surface area contributed by atoms with Gasteiger partial charge in [-0.2, -0.15) is 0 Å². The monoisotopic (exact) mass is 212 g/mol. The number of benzene rings is 1. The van der Waals surface area contributed by atoms with Gasteiger partial charge in [-0.25, -0.2) is 4.39 Å². The van der Waals surface area contributed by atoms with Crippen molar-refractivity contribution in [1.29, 1.82) is 0 Å². The zero-order chi connectivity index (χ0) is 11.4. The van der Waals surface area contributed by atoms with Crippen molar-refractivity contribution in [2.75, 3.05) is 7.11 Å². The fraction of sp³-hybridized carbons (Fsp3) is 0.222. The molecule has 0 spiro atoms. The number of rotatable bonds is 3. The van der Waals surface area contributed by atoms with Gasteiger partial charge in [0.05, 0.1) is 16.7 Å². The molecule has 0 radical (unpaired) electrons. The molecule has 1 aromatic carbocycles. The number of nitro benzene ring substituents is 1. The minimum absolute atomic E-state index is 0.183. The van der Waals surface area contributed by atoms with Crippen molar-refractivity contribution in [3.8, 4) is 0 Å². The zero-order valence-corrected chi connectivity index (χ0v) is 8.23. The lowest BCUT2D eigenvalue weighted by atomic mass is 10.1. The Morgan fingerprint density at radius 2 is 2.27 bits per heavy atom. The molecule has 0 heterocycles. The molecule has 0 saturated heterocycles. The molecule has 0 bridgehead atoms. The molecular weight excluding hydrogens is 203 g/mol. The molecular formula is C9H9FN2O3. The number of nitrogens with zero attached hydrogens (tertiary/aromatic N) is 2. The van der Waals surface area contributed by atoms with Crippen molar-refractivity contribution < 1.29 is 14.2 Å². The molecule has 0 atom stereocenters. The second kappa shape index (κ2) is 4.50. The molecule has 0 amide bonds. The number of hydrogen-bond donors (Lipinski definition) is 0. The van der Waals surface area contributed by atoms with E-state index in [1.807, 2.05) is 0 Å². The first-order chi connectivity index (χ1) is 7.06. The maximum Gasteiger partial charge on any atom is 0.272 e. The summed E-state index contributed by atoms with van der Waals surface area (Å²) in [5.41, 5.74) is 0.216. The Morgan fingerprint density at radius 3 is 2.73 bits per heavy atom. The third-order valence-electron chi connectivity index (χ3n) is 1.78. The van der Waals surface area contributed by atoms with Crippen LogP contribution in [0.5, 0.6) is 0 Å². The normalized spacial score (nSPS) is 11.3. The summed E-state index contributed by atoms with van der Waals surface area (Å²) in [6.07, 6.45) is 0. The van der Waals surface area contributed by atoms with Crippen molar-refractivity contribution in [3.63, 3.8) is 0 Å². The van der Waals surface area contributed by atoms with Crippen LogP contribution in [-0.2, 0) is 4.84 Å². The molecule has 0 aliphatic rings.